The summed E-state index contributed by atoms with van der Waals surface area (Å²) in [6.07, 6.45) is 2.19. The molecule has 0 spiro atoms. The van der Waals surface area contributed by atoms with Crippen molar-refractivity contribution in [3.05, 3.63) is 104 Å². The average Bonchev–Trinajstić information content (AvgIpc) is 3.37. The van der Waals surface area contributed by atoms with Crippen molar-refractivity contribution in [2.45, 2.75) is 26.3 Å². The molecule has 1 N–H and O–H groups in total. The minimum absolute atomic E-state index is 0.0863. The number of nitro groups is 1. The second kappa shape index (κ2) is 10.2. The topological polar surface area (TPSA) is 131 Å². The van der Waals surface area contributed by atoms with Crippen LogP contribution >= 0.6 is 11.3 Å². The molecular weight excluding hydrogens is 492 g/mol. The summed E-state index contributed by atoms with van der Waals surface area (Å²) in [5.74, 6) is -0.0108. The zero-order valence-electron chi connectivity index (χ0n) is 19.9. The molecular formula is C26H22N6O4S. The van der Waals surface area contributed by atoms with Gasteiger partial charge in [-0.15, -0.1) is 11.3 Å². The van der Waals surface area contributed by atoms with Crippen LogP contribution in [-0.2, 0) is 19.4 Å². The fourth-order valence-electron chi connectivity index (χ4n) is 4.30. The van der Waals surface area contributed by atoms with Crippen LogP contribution in [0.2, 0.25) is 0 Å². The van der Waals surface area contributed by atoms with Gasteiger partial charge in [-0.2, -0.15) is 0 Å². The zero-order chi connectivity index (χ0) is 25.9. The van der Waals surface area contributed by atoms with E-state index in [2.05, 4.69) is 20.3 Å². The van der Waals surface area contributed by atoms with Crippen LogP contribution in [0.1, 0.15) is 43.2 Å². The molecule has 2 aromatic heterocycles. The second-order valence-electron chi connectivity index (χ2n) is 8.60. The number of aromatic nitrogens is 3. The van der Waals surface area contributed by atoms with Crippen LogP contribution in [0.3, 0.4) is 0 Å². The molecule has 1 aliphatic rings. The van der Waals surface area contributed by atoms with Crippen LogP contribution in [0.4, 0.5) is 16.6 Å². The quantitative estimate of drug-likeness (QED) is 0.216. The highest BCUT2D eigenvalue weighted by molar-refractivity contribution is 7.14. The lowest BCUT2D eigenvalue weighted by atomic mass is 10.0. The molecule has 1 amide bonds. The van der Waals surface area contributed by atoms with Gasteiger partial charge < -0.3 is 10.2 Å². The molecule has 0 unspecified atom stereocenters. The Bertz CT molecular complexity index is 1500. The number of carbonyl (C=O) groups excluding carboxylic acids is 2. The first-order chi connectivity index (χ1) is 17.9. The normalized spacial score (nSPS) is 12.6. The SMILES string of the molecule is Cc1cccc([N+](=O)[O-])c1C(=O)N1CCc2ncnc(Nc3nc(C(=O)Cc4ccccc4)cs3)c2C1. The van der Waals surface area contributed by atoms with Gasteiger partial charge in [-0.25, -0.2) is 15.0 Å². The maximum absolute atomic E-state index is 13.4. The summed E-state index contributed by atoms with van der Waals surface area (Å²) in [7, 11) is 0. The largest absolute Gasteiger partial charge is 0.333 e. The number of Topliss-reactive ketones (excluding diaryl/α,β-unsaturated/α-hetero) is 1. The highest BCUT2D eigenvalue weighted by atomic mass is 32.1. The number of rotatable bonds is 7. The number of anilines is 2. The number of hydrogen-bond acceptors (Lipinski definition) is 9. The van der Waals surface area contributed by atoms with E-state index in [4.69, 9.17) is 0 Å². The van der Waals surface area contributed by atoms with E-state index in [1.165, 1.54) is 23.7 Å². The molecule has 2 aromatic carbocycles. The van der Waals surface area contributed by atoms with E-state index in [0.29, 0.717) is 40.7 Å². The minimum atomic E-state index is -0.534. The first-order valence-corrected chi connectivity index (χ1v) is 12.4. The standard InChI is InChI=1S/C26H22N6O4S/c1-16-6-5-9-21(32(35)36)23(16)25(34)31-11-10-19-18(13-31)24(28-15-27-19)30-26-29-20(14-37-26)22(33)12-17-7-3-2-4-8-17/h2-9,14-15H,10-13H2,1H3,(H,27,28,29,30). The van der Waals surface area contributed by atoms with Gasteiger partial charge in [0.1, 0.15) is 23.4 Å². The summed E-state index contributed by atoms with van der Waals surface area (Å²) in [5, 5.41) is 16.9. The Morgan fingerprint density at radius 2 is 1.95 bits per heavy atom. The summed E-state index contributed by atoms with van der Waals surface area (Å²) < 4.78 is 0. The second-order valence-corrected chi connectivity index (χ2v) is 9.46. The Labute approximate surface area is 216 Å². The number of ketones is 1. The summed E-state index contributed by atoms with van der Waals surface area (Å²) >= 11 is 1.29. The van der Waals surface area contributed by atoms with Crippen LogP contribution in [0.15, 0.2) is 60.2 Å². The molecule has 0 atom stereocenters. The van der Waals surface area contributed by atoms with Gasteiger partial charge in [-0.05, 0) is 18.1 Å². The third-order valence-corrected chi connectivity index (χ3v) is 6.93. The third kappa shape index (κ3) is 5.07. The van der Waals surface area contributed by atoms with Crippen molar-refractivity contribution in [1.82, 2.24) is 19.9 Å². The molecule has 0 radical (unpaired) electrons. The van der Waals surface area contributed by atoms with E-state index in [1.54, 1.807) is 29.3 Å². The van der Waals surface area contributed by atoms with Gasteiger partial charge in [0.05, 0.1) is 17.2 Å². The summed E-state index contributed by atoms with van der Waals surface area (Å²) in [5.41, 5.74) is 3.20. The average molecular weight is 515 g/mol. The van der Waals surface area contributed by atoms with E-state index < -0.39 is 10.8 Å². The Morgan fingerprint density at radius 3 is 2.73 bits per heavy atom. The van der Waals surface area contributed by atoms with E-state index in [0.717, 1.165) is 11.3 Å². The molecule has 1 aliphatic heterocycles. The van der Waals surface area contributed by atoms with E-state index in [9.17, 15) is 19.7 Å². The van der Waals surface area contributed by atoms with Crippen molar-refractivity contribution in [2.75, 3.05) is 11.9 Å². The Balaban J connectivity index is 1.35. The molecule has 3 heterocycles. The third-order valence-electron chi connectivity index (χ3n) is 6.17. The number of thiazole rings is 1. The van der Waals surface area contributed by atoms with Crippen LogP contribution in [0.25, 0.3) is 0 Å². The maximum Gasteiger partial charge on any atom is 0.282 e. The molecule has 10 nitrogen and oxygen atoms in total. The Hall–Kier alpha value is -4.51. The monoisotopic (exact) mass is 514 g/mol. The maximum atomic E-state index is 13.4. The molecule has 37 heavy (non-hydrogen) atoms. The molecule has 0 saturated carbocycles. The van der Waals surface area contributed by atoms with Gasteiger partial charge >= 0.3 is 0 Å². The molecule has 5 rings (SSSR count). The van der Waals surface area contributed by atoms with Crippen molar-refractivity contribution in [3.8, 4) is 0 Å². The van der Waals surface area contributed by atoms with E-state index in [1.807, 2.05) is 30.3 Å². The highest BCUT2D eigenvalue weighted by Crippen LogP contribution is 2.30. The predicted octanol–water partition coefficient (Wildman–Crippen LogP) is 4.52. The Morgan fingerprint density at radius 1 is 1.14 bits per heavy atom. The molecule has 0 aliphatic carbocycles. The van der Waals surface area contributed by atoms with Gasteiger partial charge in [0.2, 0.25) is 0 Å². The number of nitrogens with zero attached hydrogens (tertiary/aromatic N) is 5. The van der Waals surface area contributed by atoms with Gasteiger partial charge in [-0.1, -0.05) is 42.5 Å². The van der Waals surface area contributed by atoms with Gasteiger partial charge in [-0.3, -0.25) is 19.7 Å². The van der Waals surface area contributed by atoms with Gasteiger partial charge in [0, 0.05) is 36.4 Å². The number of aryl methyl sites for hydroxylation is 1. The van der Waals surface area contributed by atoms with Crippen molar-refractivity contribution in [3.63, 3.8) is 0 Å². The molecule has 4 aromatic rings. The lowest BCUT2D eigenvalue weighted by Gasteiger charge is -2.29. The fraction of sp³-hybridized carbons (Fsp3) is 0.192. The minimum Gasteiger partial charge on any atom is -0.333 e. The smallest absolute Gasteiger partial charge is 0.282 e. The van der Waals surface area contributed by atoms with Gasteiger partial charge in [0.25, 0.3) is 11.6 Å². The summed E-state index contributed by atoms with van der Waals surface area (Å²) in [6, 6.07) is 14.1. The molecule has 11 heteroatoms. The molecule has 186 valence electrons. The van der Waals surface area contributed by atoms with Crippen LogP contribution in [0, 0.1) is 17.0 Å². The lowest BCUT2D eigenvalue weighted by Crippen LogP contribution is -2.37. The van der Waals surface area contributed by atoms with Crippen molar-refractivity contribution in [2.24, 2.45) is 0 Å². The molecule has 0 saturated heterocycles. The number of fused-ring (bicyclic) bond motifs is 1. The number of nitrogens with one attached hydrogen (secondary N) is 1. The number of benzene rings is 2. The highest BCUT2D eigenvalue weighted by Gasteiger charge is 2.30. The fourth-order valence-corrected chi connectivity index (χ4v) is 5.01. The van der Waals surface area contributed by atoms with Crippen molar-refractivity contribution < 1.29 is 14.5 Å². The lowest BCUT2D eigenvalue weighted by molar-refractivity contribution is -0.385. The summed E-state index contributed by atoms with van der Waals surface area (Å²) in [6.45, 7) is 2.25. The summed E-state index contributed by atoms with van der Waals surface area (Å²) in [4.78, 5) is 51.8. The first-order valence-electron chi connectivity index (χ1n) is 11.6. The van der Waals surface area contributed by atoms with Crippen LogP contribution < -0.4 is 5.32 Å². The Kier molecular flexibility index (Phi) is 6.69. The number of nitro benzene ring substituents is 1. The number of carbonyl (C=O) groups is 2. The van der Waals surface area contributed by atoms with Gasteiger partial charge in [0.15, 0.2) is 10.9 Å². The van der Waals surface area contributed by atoms with E-state index in [-0.39, 0.29) is 30.0 Å². The van der Waals surface area contributed by atoms with Crippen LogP contribution in [-0.4, -0.2) is 43.0 Å². The molecule has 0 fully saturated rings. The van der Waals surface area contributed by atoms with Crippen molar-refractivity contribution >= 4 is 39.7 Å². The van der Waals surface area contributed by atoms with Crippen molar-refractivity contribution in [1.29, 1.82) is 0 Å². The van der Waals surface area contributed by atoms with E-state index >= 15 is 0 Å². The molecule has 0 bridgehead atoms. The number of hydrogen-bond donors (Lipinski definition) is 1. The number of amides is 1. The first kappa shape index (κ1) is 24.2. The van der Waals surface area contributed by atoms with Crippen LogP contribution in [0.5, 0.6) is 0 Å². The predicted molar refractivity (Wildman–Crippen MR) is 138 cm³/mol. The zero-order valence-corrected chi connectivity index (χ0v) is 20.7.